The van der Waals surface area contributed by atoms with Crippen LogP contribution in [-0.2, 0) is 4.79 Å². The molecule has 5 nitrogen and oxygen atoms in total. The van der Waals surface area contributed by atoms with Crippen LogP contribution >= 0.6 is 0 Å². The Morgan fingerprint density at radius 1 is 1.25 bits per heavy atom. The van der Waals surface area contributed by atoms with Crippen molar-refractivity contribution in [2.24, 2.45) is 5.92 Å². The zero-order valence-electron chi connectivity index (χ0n) is 13.9. The van der Waals surface area contributed by atoms with Gasteiger partial charge in [-0.25, -0.2) is 14.4 Å². The summed E-state index contributed by atoms with van der Waals surface area (Å²) in [5.74, 6) is 0.380. The molecule has 126 valence electrons. The lowest BCUT2D eigenvalue weighted by atomic mass is 9.96. The smallest absolute Gasteiger partial charge is 0.227 e. The Balaban J connectivity index is 1.59. The lowest BCUT2D eigenvalue weighted by molar-refractivity contribution is -0.120. The monoisotopic (exact) mass is 328 g/mol. The van der Waals surface area contributed by atoms with Gasteiger partial charge in [-0.1, -0.05) is 0 Å². The summed E-state index contributed by atoms with van der Waals surface area (Å²) >= 11 is 0. The minimum Gasteiger partial charge on any atom is -0.341 e. The van der Waals surface area contributed by atoms with E-state index in [-0.39, 0.29) is 17.6 Å². The lowest BCUT2D eigenvalue weighted by Crippen LogP contribution is -2.39. The average molecular weight is 328 g/mol. The molecule has 2 heterocycles. The second-order valence-corrected chi connectivity index (χ2v) is 6.21. The quantitative estimate of drug-likeness (QED) is 0.941. The number of benzene rings is 1. The van der Waals surface area contributed by atoms with Crippen molar-refractivity contribution in [2.75, 3.05) is 23.3 Å². The van der Waals surface area contributed by atoms with Gasteiger partial charge in [0.05, 0.1) is 0 Å². The van der Waals surface area contributed by atoms with Crippen molar-refractivity contribution in [2.45, 2.75) is 26.7 Å². The molecule has 0 spiro atoms. The van der Waals surface area contributed by atoms with Crippen LogP contribution in [0.5, 0.6) is 0 Å². The zero-order chi connectivity index (χ0) is 17.1. The Morgan fingerprint density at radius 3 is 2.67 bits per heavy atom. The molecule has 0 atom stereocenters. The van der Waals surface area contributed by atoms with Crippen LogP contribution in [0.4, 0.5) is 16.0 Å². The van der Waals surface area contributed by atoms with Crippen molar-refractivity contribution in [1.29, 1.82) is 0 Å². The Morgan fingerprint density at radius 2 is 2.00 bits per heavy atom. The van der Waals surface area contributed by atoms with Gasteiger partial charge in [-0.3, -0.25) is 4.79 Å². The van der Waals surface area contributed by atoms with Crippen LogP contribution in [0.15, 0.2) is 30.5 Å². The predicted molar refractivity (Wildman–Crippen MR) is 91.5 cm³/mol. The van der Waals surface area contributed by atoms with Crippen molar-refractivity contribution in [1.82, 2.24) is 9.97 Å². The molecule has 1 aliphatic rings. The molecule has 24 heavy (non-hydrogen) atoms. The SMILES string of the molecule is Cc1ccnc(N2CCC(C(=O)Nc3ccc(F)cc3C)CC2)n1. The Bertz CT molecular complexity index is 742. The third kappa shape index (κ3) is 3.69. The summed E-state index contributed by atoms with van der Waals surface area (Å²) in [5, 5.41) is 2.92. The van der Waals surface area contributed by atoms with E-state index in [1.807, 2.05) is 13.0 Å². The van der Waals surface area contributed by atoms with Crippen LogP contribution < -0.4 is 10.2 Å². The fraction of sp³-hybridized carbons (Fsp3) is 0.389. The van der Waals surface area contributed by atoms with Gasteiger partial charge in [-0.15, -0.1) is 0 Å². The highest BCUT2D eigenvalue weighted by Crippen LogP contribution is 2.23. The number of hydrogen-bond acceptors (Lipinski definition) is 4. The summed E-state index contributed by atoms with van der Waals surface area (Å²) < 4.78 is 13.1. The van der Waals surface area contributed by atoms with Gasteiger partial charge in [0.25, 0.3) is 0 Å². The highest BCUT2D eigenvalue weighted by atomic mass is 19.1. The van der Waals surface area contributed by atoms with E-state index in [4.69, 9.17) is 0 Å². The highest BCUT2D eigenvalue weighted by Gasteiger charge is 2.26. The fourth-order valence-electron chi connectivity index (χ4n) is 2.93. The van der Waals surface area contributed by atoms with Gasteiger partial charge >= 0.3 is 0 Å². The molecule has 1 amide bonds. The molecule has 1 fully saturated rings. The summed E-state index contributed by atoms with van der Waals surface area (Å²) in [5.41, 5.74) is 2.34. The summed E-state index contributed by atoms with van der Waals surface area (Å²) in [6.45, 7) is 5.24. The number of rotatable bonds is 3. The summed E-state index contributed by atoms with van der Waals surface area (Å²) in [4.78, 5) is 23.3. The number of aromatic nitrogens is 2. The third-order valence-corrected chi connectivity index (χ3v) is 4.38. The lowest BCUT2D eigenvalue weighted by Gasteiger charge is -2.31. The van der Waals surface area contributed by atoms with E-state index in [9.17, 15) is 9.18 Å². The Hall–Kier alpha value is -2.50. The van der Waals surface area contributed by atoms with E-state index in [2.05, 4.69) is 20.2 Å². The van der Waals surface area contributed by atoms with E-state index in [0.717, 1.165) is 43.1 Å². The normalized spacial score (nSPS) is 15.4. The number of halogens is 1. The largest absolute Gasteiger partial charge is 0.341 e. The Kier molecular flexibility index (Phi) is 4.74. The van der Waals surface area contributed by atoms with Crippen molar-refractivity contribution >= 4 is 17.5 Å². The number of amides is 1. The minimum absolute atomic E-state index is 0.00508. The number of nitrogens with one attached hydrogen (secondary N) is 1. The first-order valence-electron chi connectivity index (χ1n) is 8.14. The van der Waals surface area contributed by atoms with Gasteiger partial charge in [0, 0.05) is 36.6 Å². The summed E-state index contributed by atoms with van der Waals surface area (Å²) in [6, 6.07) is 6.26. The van der Waals surface area contributed by atoms with Crippen molar-refractivity contribution in [3.05, 3.63) is 47.5 Å². The van der Waals surface area contributed by atoms with Gasteiger partial charge < -0.3 is 10.2 Å². The van der Waals surface area contributed by atoms with Crippen LogP contribution in [0.3, 0.4) is 0 Å². The van der Waals surface area contributed by atoms with Crippen LogP contribution in [0.2, 0.25) is 0 Å². The number of hydrogen-bond donors (Lipinski definition) is 1. The van der Waals surface area contributed by atoms with Crippen LogP contribution in [-0.4, -0.2) is 29.0 Å². The molecule has 3 rings (SSSR count). The van der Waals surface area contributed by atoms with Crippen molar-refractivity contribution < 1.29 is 9.18 Å². The minimum atomic E-state index is -0.294. The standard InChI is InChI=1S/C18H21FN4O/c1-12-11-15(19)3-4-16(12)22-17(24)14-6-9-23(10-7-14)18-20-8-5-13(2)21-18/h3-5,8,11,14H,6-7,9-10H2,1-2H3,(H,22,24). The second kappa shape index (κ2) is 6.95. The number of piperidine rings is 1. The van der Waals surface area contributed by atoms with Gasteiger partial charge in [-0.05, 0) is 56.5 Å². The summed E-state index contributed by atoms with van der Waals surface area (Å²) in [6.07, 6.45) is 3.26. The zero-order valence-corrected chi connectivity index (χ0v) is 13.9. The van der Waals surface area contributed by atoms with Gasteiger partial charge in [-0.2, -0.15) is 0 Å². The number of aryl methyl sites for hydroxylation is 2. The van der Waals surface area contributed by atoms with Gasteiger partial charge in [0.1, 0.15) is 5.82 Å². The molecule has 6 heteroatoms. The second-order valence-electron chi connectivity index (χ2n) is 6.21. The third-order valence-electron chi connectivity index (χ3n) is 4.38. The van der Waals surface area contributed by atoms with E-state index in [0.29, 0.717) is 5.69 Å². The maximum absolute atomic E-state index is 13.1. The molecule has 0 radical (unpaired) electrons. The topological polar surface area (TPSA) is 58.1 Å². The number of nitrogens with zero attached hydrogens (tertiary/aromatic N) is 3. The molecule has 0 aliphatic carbocycles. The predicted octanol–water partition coefficient (Wildman–Crippen LogP) is 3.09. The maximum Gasteiger partial charge on any atom is 0.227 e. The molecule has 0 unspecified atom stereocenters. The molecule has 1 N–H and O–H groups in total. The van der Waals surface area contributed by atoms with Crippen molar-refractivity contribution in [3.8, 4) is 0 Å². The highest BCUT2D eigenvalue weighted by molar-refractivity contribution is 5.93. The maximum atomic E-state index is 13.1. The average Bonchev–Trinajstić information content (AvgIpc) is 2.57. The Labute approximate surface area is 140 Å². The molecule has 1 saturated heterocycles. The van der Waals surface area contributed by atoms with Crippen LogP contribution in [0, 0.1) is 25.6 Å². The first kappa shape index (κ1) is 16.4. The van der Waals surface area contributed by atoms with E-state index >= 15 is 0 Å². The molecule has 0 saturated carbocycles. The molecule has 2 aromatic rings. The van der Waals surface area contributed by atoms with Crippen molar-refractivity contribution in [3.63, 3.8) is 0 Å². The first-order chi connectivity index (χ1) is 11.5. The van der Waals surface area contributed by atoms with Crippen LogP contribution in [0.25, 0.3) is 0 Å². The molecular formula is C18H21FN4O. The van der Waals surface area contributed by atoms with E-state index in [1.54, 1.807) is 19.2 Å². The molecular weight excluding hydrogens is 307 g/mol. The molecule has 1 aromatic carbocycles. The summed E-state index contributed by atoms with van der Waals surface area (Å²) in [7, 11) is 0. The molecule has 1 aliphatic heterocycles. The van der Waals surface area contributed by atoms with Gasteiger partial charge in [0.15, 0.2) is 0 Å². The van der Waals surface area contributed by atoms with E-state index in [1.165, 1.54) is 12.1 Å². The van der Waals surface area contributed by atoms with Gasteiger partial charge in [0.2, 0.25) is 11.9 Å². The molecule has 1 aromatic heterocycles. The molecule has 0 bridgehead atoms. The van der Waals surface area contributed by atoms with Crippen LogP contribution in [0.1, 0.15) is 24.1 Å². The number of carbonyl (C=O) groups is 1. The first-order valence-corrected chi connectivity index (χ1v) is 8.14. The number of carbonyl (C=O) groups excluding carboxylic acids is 1. The fourth-order valence-corrected chi connectivity index (χ4v) is 2.93. The number of anilines is 2. The van der Waals surface area contributed by atoms with E-state index < -0.39 is 0 Å².